The Hall–Kier alpha value is -7.16. The van der Waals surface area contributed by atoms with Crippen LogP contribution in [0.3, 0.4) is 0 Å². The summed E-state index contributed by atoms with van der Waals surface area (Å²) in [7, 11) is 0. The molecule has 0 spiro atoms. The molecule has 87 heavy (non-hydrogen) atoms. The number of hydrogen-bond acceptors (Lipinski definition) is 1. The summed E-state index contributed by atoms with van der Waals surface area (Å²) in [4.78, 5) is 0. The normalized spacial score (nSPS) is 12.9. The van der Waals surface area contributed by atoms with Gasteiger partial charge in [0, 0.05) is 10.8 Å². The van der Waals surface area contributed by atoms with Crippen molar-refractivity contribution in [3.05, 3.63) is 271 Å². The highest BCUT2D eigenvalue weighted by Crippen LogP contribution is 2.36. The van der Waals surface area contributed by atoms with Crippen LogP contribution in [-0.2, 0) is 39.9 Å². The fraction of sp³-hybridized carbons (Fsp3) is 0.365. The summed E-state index contributed by atoms with van der Waals surface area (Å²) in [6.07, 6.45) is 8.71. The van der Waals surface area contributed by atoms with Crippen LogP contribution in [0.15, 0.2) is 209 Å². The number of para-hydroxylation sites is 2. The number of allylic oxidation sites excluding steroid dienone is 6. The molecular formula is C85H105BO. The smallest absolute Gasteiger partial charge is 0.238 e. The molecule has 1 nitrogen and oxygen atoms in total. The van der Waals surface area contributed by atoms with Crippen LogP contribution in [0.25, 0.3) is 33.1 Å². The van der Waals surface area contributed by atoms with Gasteiger partial charge >= 0.3 is 0 Å². The third-order valence-electron chi connectivity index (χ3n) is 17.6. The molecule has 1 heterocycles. The molecule has 0 radical (unpaired) electrons. The number of aryl methyl sites for hydroxylation is 4. The second-order valence-corrected chi connectivity index (χ2v) is 30.3. The maximum Gasteiger partial charge on any atom is 0.238 e. The number of benzene rings is 8. The highest BCUT2D eigenvalue weighted by Gasteiger charge is 2.31. The van der Waals surface area contributed by atoms with Gasteiger partial charge in [0.05, 0.1) is 0 Å². The summed E-state index contributed by atoms with van der Waals surface area (Å²) in [5.41, 5.74) is 28.4. The molecule has 0 amide bonds. The van der Waals surface area contributed by atoms with Crippen LogP contribution in [0.1, 0.15) is 204 Å². The summed E-state index contributed by atoms with van der Waals surface area (Å²) >= 11 is 0. The molecule has 454 valence electrons. The van der Waals surface area contributed by atoms with Gasteiger partial charge in [0.25, 0.3) is 0 Å². The van der Waals surface area contributed by atoms with Crippen molar-refractivity contribution in [1.29, 1.82) is 0 Å². The fourth-order valence-corrected chi connectivity index (χ4v) is 11.8. The Morgan fingerprint density at radius 2 is 0.874 bits per heavy atom. The van der Waals surface area contributed by atoms with Gasteiger partial charge in [0.15, 0.2) is 0 Å². The van der Waals surface area contributed by atoms with Crippen molar-refractivity contribution in [1.82, 2.24) is 0 Å². The first-order valence-electron chi connectivity index (χ1n) is 32.2. The van der Waals surface area contributed by atoms with Gasteiger partial charge in [-0.25, -0.2) is 0 Å². The van der Waals surface area contributed by atoms with Crippen molar-refractivity contribution in [2.24, 2.45) is 0 Å². The van der Waals surface area contributed by atoms with E-state index in [1.807, 2.05) is 0 Å². The molecule has 1 aromatic heterocycles. The zero-order valence-electron chi connectivity index (χ0n) is 57.9. The van der Waals surface area contributed by atoms with E-state index in [0.717, 1.165) is 24.0 Å². The molecular weight excluding hydrogens is 1050 g/mol. The van der Waals surface area contributed by atoms with Gasteiger partial charge in [-0.3, -0.25) is 0 Å². The maximum atomic E-state index is 6.08. The van der Waals surface area contributed by atoms with E-state index in [1.165, 1.54) is 116 Å². The van der Waals surface area contributed by atoms with Crippen LogP contribution in [0.2, 0.25) is 0 Å². The molecule has 0 fully saturated rings. The van der Waals surface area contributed by atoms with Gasteiger partial charge in [-0.15, -0.1) is 0 Å². The van der Waals surface area contributed by atoms with E-state index in [1.54, 1.807) is 0 Å². The van der Waals surface area contributed by atoms with Gasteiger partial charge in [-0.05, 0) is 160 Å². The van der Waals surface area contributed by atoms with E-state index >= 15 is 0 Å². The first-order valence-corrected chi connectivity index (χ1v) is 32.2. The lowest BCUT2D eigenvalue weighted by Crippen LogP contribution is -2.48. The lowest BCUT2D eigenvalue weighted by molar-refractivity contribution is 0.589. The summed E-state index contributed by atoms with van der Waals surface area (Å²) in [6.45, 7) is 52.3. The van der Waals surface area contributed by atoms with Crippen molar-refractivity contribution in [3.63, 3.8) is 0 Å². The molecule has 0 atom stereocenters. The van der Waals surface area contributed by atoms with E-state index < -0.39 is 0 Å². The molecule has 9 rings (SSSR count). The number of furan rings is 1. The Bertz CT molecular complexity index is 3810. The van der Waals surface area contributed by atoms with E-state index in [9.17, 15) is 0 Å². The number of rotatable bonds is 11. The SMILES string of the molecule is C/C=C/C(=C\C(C)=C(/Cc1ccc(C(C)(C)C)cc1)B(c1cc(C(C)(C)C)ccc1C)c1cc(C(C)(C)C)ccc1C)Cc1ccccc1.Cc1ccc(C(C)(C)C)cc1-c1ccc(C(C)(C)C)cc1.Cc1cccc2c1oc1c(C(C)C)cccc12. The molecule has 0 aliphatic carbocycles. The standard InChI is InChI=1S/C48H61B.C21H28.C16H16O/c1-14-18-39(30-37-19-16-15-17-20-37)29-36(4)43(31-38-23-27-40(28-24-38)46(5,6)7)49(44-32-41(47(8,9)10)25-21-34(44)2)45-33-42(48(11,12)13)26-22-35(45)3;1-15-8-11-18(21(5,6)7)14-19(15)16-9-12-17(13-10-16)20(2,3)4;1-10(2)12-7-5-9-14-13-8-4-6-11(3)15(13)17-16(12)14/h14-29,32-33H,30-31H2,1-13H3;8-14H,1-7H3;4-10H,1-3H3/b18-14+,39-29+,43-36+;;. The third kappa shape index (κ3) is 17.1. The summed E-state index contributed by atoms with van der Waals surface area (Å²) in [5.74, 6) is 0.486. The Kier molecular flexibility index (Phi) is 21.3. The van der Waals surface area contributed by atoms with E-state index in [0.29, 0.717) is 5.92 Å². The first-order chi connectivity index (χ1) is 40.6. The van der Waals surface area contributed by atoms with Crippen LogP contribution < -0.4 is 10.9 Å². The second-order valence-electron chi connectivity index (χ2n) is 30.3. The van der Waals surface area contributed by atoms with Gasteiger partial charge in [0.1, 0.15) is 11.2 Å². The number of hydrogen-bond donors (Lipinski definition) is 0. The first kappa shape index (κ1) is 67.4. The minimum Gasteiger partial charge on any atom is -0.455 e. The molecule has 0 saturated carbocycles. The minimum atomic E-state index is 0.0473. The largest absolute Gasteiger partial charge is 0.455 e. The quantitative estimate of drug-likeness (QED) is 0.0929. The van der Waals surface area contributed by atoms with Crippen LogP contribution in [0.5, 0.6) is 0 Å². The highest BCUT2D eigenvalue weighted by molar-refractivity contribution is 6.91. The highest BCUT2D eigenvalue weighted by atomic mass is 16.3. The topological polar surface area (TPSA) is 13.1 Å². The summed E-state index contributed by atoms with van der Waals surface area (Å²) < 4.78 is 6.08. The summed E-state index contributed by atoms with van der Waals surface area (Å²) in [6, 6.07) is 63.3. The van der Waals surface area contributed by atoms with Gasteiger partial charge < -0.3 is 4.42 Å². The van der Waals surface area contributed by atoms with Crippen LogP contribution in [-0.4, -0.2) is 6.71 Å². The van der Waals surface area contributed by atoms with Crippen molar-refractivity contribution >= 4 is 39.6 Å². The monoisotopic (exact) mass is 1150 g/mol. The Morgan fingerprint density at radius 3 is 1.36 bits per heavy atom. The van der Waals surface area contributed by atoms with Gasteiger partial charge in [-0.1, -0.05) is 339 Å². The van der Waals surface area contributed by atoms with Gasteiger partial charge in [0.2, 0.25) is 6.71 Å². The minimum absolute atomic E-state index is 0.0473. The molecule has 9 aromatic rings. The average molecular weight is 1150 g/mol. The molecule has 0 aliphatic heterocycles. The molecule has 0 saturated heterocycles. The molecule has 0 N–H and O–H groups in total. The predicted octanol–water partition coefficient (Wildman–Crippen LogP) is 22.9. The maximum absolute atomic E-state index is 6.08. The van der Waals surface area contributed by atoms with Crippen LogP contribution >= 0.6 is 0 Å². The molecule has 0 bridgehead atoms. The molecule has 0 aliphatic rings. The Morgan fingerprint density at radius 1 is 0.437 bits per heavy atom. The van der Waals surface area contributed by atoms with E-state index in [-0.39, 0.29) is 33.8 Å². The number of fused-ring (bicyclic) bond motifs is 3. The zero-order valence-corrected chi connectivity index (χ0v) is 57.9. The average Bonchev–Trinajstić information content (AvgIpc) is 1.86. The van der Waals surface area contributed by atoms with Crippen molar-refractivity contribution < 1.29 is 4.42 Å². The molecule has 0 unspecified atom stereocenters. The van der Waals surface area contributed by atoms with Crippen molar-refractivity contribution in [2.75, 3.05) is 0 Å². The van der Waals surface area contributed by atoms with Crippen LogP contribution in [0, 0.1) is 27.7 Å². The summed E-state index contributed by atoms with van der Waals surface area (Å²) in [5, 5.41) is 2.46. The van der Waals surface area contributed by atoms with Gasteiger partial charge in [-0.2, -0.15) is 0 Å². The molecule has 8 aromatic carbocycles. The second kappa shape index (κ2) is 27.5. The molecule has 2 heteroatoms. The van der Waals surface area contributed by atoms with Crippen molar-refractivity contribution in [3.8, 4) is 11.1 Å². The lowest BCUT2D eigenvalue weighted by atomic mass is 9.33. The van der Waals surface area contributed by atoms with E-state index in [4.69, 9.17) is 4.42 Å². The van der Waals surface area contributed by atoms with E-state index in [2.05, 4.69) is 347 Å². The van der Waals surface area contributed by atoms with Crippen molar-refractivity contribution in [2.45, 2.75) is 205 Å². The Labute approximate surface area is 528 Å². The Balaban J connectivity index is 0.000000229. The third-order valence-corrected chi connectivity index (χ3v) is 17.6. The van der Waals surface area contributed by atoms with Crippen LogP contribution in [0.4, 0.5) is 0 Å². The lowest BCUT2D eigenvalue weighted by Gasteiger charge is -2.29. The zero-order chi connectivity index (χ0) is 64.0. The predicted molar refractivity (Wildman–Crippen MR) is 386 cm³/mol. The fourth-order valence-electron chi connectivity index (χ4n) is 11.8.